The Morgan fingerprint density at radius 3 is 3.18 bits per heavy atom. The molecule has 0 spiro atoms. The van der Waals surface area contributed by atoms with E-state index in [-0.39, 0.29) is 19.1 Å². The molecular weight excluding hydrogens is 146 g/mol. The number of nitrogens with one attached hydrogen (secondary N) is 2. The molecule has 60 valence electrons. The van der Waals surface area contributed by atoms with Gasteiger partial charge in [-0.15, -0.1) is 0 Å². The van der Waals surface area contributed by atoms with Crippen molar-refractivity contribution in [2.24, 2.45) is 0 Å². The lowest BCUT2D eigenvalue weighted by Gasteiger charge is -1.97. The molecule has 0 saturated carbocycles. The Morgan fingerprint density at radius 1 is 1.82 bits per heavy atom. The van der Waals surface area contributed by atoms with E-state index in [4.69, 9.17) is 5.11 Å². The molecule has 1 heterocycles. The largest absolute Gasteiger partial charge is 0.395 e. The van der Waals surface area contributed by atoms with Crippen LogP contribution in [0.5, 0.6) is 0 Å². The van der Waals surface area contributed by atoms with E-state index in [0.717, 1.165) is 0 Å². The van der Waals surface area contributed by atoms with Crippen molar-refractivity contribution >= 4 is 5.91 Å². The van der Waals surface area contributed by atoms with E-state index in [1.807, 2.05) is 0 Å². The number of carbonyl (C=O) groups excluding carboxylic acids is 1. The lowest BCUT2D eigenvalue weighted by molar-refractivity contribution is 0.0945. The SMILES string of the molecule is O=C(NCCO)c1cn[nH]c1. The fourth-order valence-electron chi connectivity index (χ4n) is 0.647. The van der Waals surface area contributed by atoms with E-state index in [1.165, 1.54) is 12.4 Å². The normalized spacial score (nSPS) is 9.55. The second-order valence-corrected chi connectivity index (χ2v) is 1.97. The third kappa shape index (κ3) is 2.05. The Morgan fingerprint density at radius 2 is 2.64 bits per heavy atom. The summed E-state index contributed by atoms with van der Waals surface area (Å²) in [5.74, 6) is -0.229. The van der Waals surface area contributed by atoms with Crippen molar-refractivity contribution in [3.63, 3.8) is 0 Å². The van der Waals surface area contributed by atoms with Gasteiger partial charge in [0.05, 0.1) is 18.4 Å². The molecule has 5 heteroatoms. The number of aliphatic hydroxyl groups excluding tert-OH is 1. The lowest BCUT2D eigenvalue weighted by Crippen LogP contribution is -2.25. The highest BCUT2D eigenvalue weighted by Gasteiger charge is 2.03. The van der Waals surface area contributed by atoms with Crippen LogP contribution in [0.3, 0.4) is 0 Å². The van der Waals surface area contributed by atoms with Gasteiger partial charge in [-0.25, -0.2) is 0 Å². The third-order valence-corrected chi connectivity index (χ3v) is 1.16. The number of rotatable bonds is 3. The number of amides is 1. The maximum atomic E-state index is 11.0. The van der Waals surface area contributed by atoms with Gasteiger partial charge in [-0.05, 0) is 0 Å². The summed E-state index contributed by atoms with van der Waals surface area (Å²) in [6.07, 6.45) is 2.92. The van der Waals surface area contributed by atoms with Gasteiger partial charge < -0.3 is 10.4 Å². The van der Waals surface area contributed by atoms with Gasteiger partial charge in [0, 0.05) is 12.7 Å². The van der Waals surface area contributed by atoms with Crippen LogP contribution in [0.25, 0.3) is 0 Å². The third-order valence-electron chi connectivity index (χ3n) is 1.16. The molecular formula is C6H9N3O2. The number of aliphatic hydroxyl groups is 1. The Labute approximate surface area is 63.4 Å². The van der Waals surface area contributed by atoms with Gasteiger partial charge >= 0.3 is 0 Å². The second-order valence-electron chi connectivity index (χ2n) is 1.97. The van der Waals surface area contributed by atoms with Crippen LogP contribution in [0.4, 0.5) is 0 Å². The van der Waals surface area contributed by atoms with Crippen molar-refractivity contribution in [1.29, 1.82) is 0 Å². The van der Waals surface area contributed by atoms with Crippen LogP contribution in [0.2, 0.25) is 0 Å². The molecule has 5 nitrogen and oxygen atoms in total. The van der Waals surface area contributed by atoms with Crippen LogP contribution in [0, 0.1) is 0 Å². The predicted octanol–water partition coefficient (Wildman–Crippen LogP) is -0.868. The summed E-state index contributed by atoms with van der Waals surface area (Å²) in [7, 11) is 0. The van der Waals surface area contributed by atoms with Crippen LogP contribution in [0.1, 0.15) is 10.4 Å². The molecule has 0 atom stereocenters. The van der Waals surface area contributed by atoms with Crippen molar-refractivity contribution in [3.05, 3.63) is 18.0 Å². The highest BCUT2D eigenvalue weighted by atomic mass is 16.3. The first-order valence-corrected chi connectivity index (χ1v) is 3.22. The van der Waals surface area contributed by atoms with E-state index in [1.54, 1.807) is 0 Å². The number of aromatic nitrogens is 2. The summed E-state index contributed by atoms with van der Waals surface area (Å²) in [6, 6.07) is 0. The first-order chi connectivity index (χ1) is 5.34. The minimum Gasteiger partial charge on any atom is -0.395 e. The van der Waals surface area contributed by atoms with Crippen molar-refractivity contribution in [1.82, 2.24) is 15.5 Å². The molecule has 1 aromatic heterocycles. The second kappa shape index (κ2) is 3.72. The summed E-state index contributed by atoms with van der Waals surface area (Å²) in [6.45, 7) is 0.216. The fraction of sp³-hybridized carbons (Fsp3) is 0.333. The topological polar surface area (TPSA) is 78.0 Å². The van der Waals surface area contributed by atoms with Crippen LogP contribution in [-0.4, -0.2) is 34.4 Å². The van der Waals surface area contributed by atoms with Gasteiger partial charge in [0.25, 0.3) is 5.91 Å². The number of hydrogen-bond acceptors (Lipinski definition) is 3. The highest BCUT2D eigenvalue weighted by molar-refractivity contribution is 5.93. The van der Waals surface area contributed by atoms with Crippen molar-refractivity contribution in [2.75, 3.05) is 13.2 Å². The van der Waals surface area contributed by atoms with Gasteiger partial charge in [0.1, 0.15) is 0 Å². The molecule has 0 unspecified atom stereocenters. The summed E-state index contributed by atoms with van der Waals surface area (Å²) >= 11 is 0. The van der Waals surface area contributed by atoms with E-state index in [9.17, 15) is 4.79 Å². The highest BCUT2D eigenvalue weighted by Crippen LogP contribution is 1.91. The number of hydrogen-bond donors (Lipinski definition) is 3. The van der Waals surface area contributed by atoms with E-state index < -0.39 is 0 Å². The predicted molar refractivity (Wildman–Crippen MR) is 38.0 cm³/mol. The van der Waals surface area contributed by atoms with Crippen molar-refractivity contribution in [2.45, 2.75) is 0 Å². The average Bonchev–Trinajstić information content (AvgIpc) is 2.52. The summed E-state index contributed by atoms with van der Waals surface area (Å²) < 4.78 is 0. The molecule has 0 saturated heterocycles. The van der Waals surface area contributed by atoms with Gasteiger partial charge in [-0.3, -0.25) is 9.89 Å². The first kappa shape index (κ1) is 7.74. The number of aromatic amines is 1. The van der Waals surface area contributed by atoms with E-state index >= 15 is 0 Å². The summed E-state index contributed by atoms with van der Waals surface area (Å²) in [4.78, 5) is 11.0. The summed E-state index contributed by atoms with van der Waals surface area (Å²) in [5, 5.41) is 17.0. The van der Waals surface area contributed by atoms with Gasteiger partial charge in [0.15, 0.2) is 0 Å². The molecule has 11 heavy (non-hydrogen) atoms. The molecule has 0 aliphatic carbocycles. The van der Waals surface area contributed by atoms with E-state index in [2.05, 4.69) is 15.5 Å². The minimum atomic E-state index is -0.229. The zero-order valence-electron chi connectivity index (χ0n) is 5.87. The Bertz CT molecular complexity index is 220. The molecule has 0 aliphatic heterocycles. The van der Waals surface area contributed by atoms with Gasteiger partial charge in [-0.1, -0.05) is 0 Å². The number of nitrogens with zero attached hydrogens (tertiary/aromatic N) is 1. The zero-order valence-corrected chi connectivity index (χ0v) is 5.87. The quantitative estimate of drug-likeness (QED) is 0.531. The lowest BCUT2D eigenvalue weighted by atomic mass is 10.3. The monoisotopic (exact) mass is 155 g/mol. The zero-order chi connectivity index (χ0) is 8.10. The van der Waals surface area contributed by atoms with Crippen molar-refractivity contribution in [3.8, 4) is 0 Å². The average molecular weight is 155 g/mol. The molecule has 0 bridgehead atoms. The molecule has 0 radical (unpaired) electrons. The van der Waals surface area contributed by atoms with Gasteiger partial charge in [0.2, 0.25) is 0 Å². The molecule has 1 rings (SSSR count). The Hall–Kier alpha value is -1.36. The molecule has 1 amide bonds. The first-order valence-electron chi connectivity index (χ1n) is 3.22. The molecule has 0 aromatic carbocycles. The minimum absolute atomic E-state index is 0.0520. The van der Waals surface area contributed by atoms with Crippen molar-refractivity contribution < 1.29 is 9.90 Å². The van der Waals surface area contributed by atoms with Crippen LogP contribution >= 0.6 is 0 Å². The molecule has 3 N–H and O–H groups in total. The molecule has 1 aromatic rings. The maximum Gasteiger partial charge on any atom is 0.254 e. The smallest absolute Gasteiger partial charge is 0.254 e. The van der Waals surface area contributed by atoms with Crippen LogP contribution in [-0.2, 0) is 0 Å². The van der Waals surface area contributed by atoms with E-state index in [0.29, 0.717) is 5.56 Å². The number of carbonyl (C=O) groups is 1. The Balaban J connectivity index is 2.43. The van der Waals surface area contributed by atoms with Crippen LogP contribution in [0.15, 0.2) is 12.4 Å². The van der Waals surface area contributed by atoms with Gasteiger partial charge in [-0.2, -0.15) is 5.10 Å². The molecule has 0 aliphatic rings. The Kier molecular flexibility index (Phi) is 2.62. The summed E-state index contributed by atoms with van der Waals surface area (Å²) in [5.41, 5.74) is 0.471. The van der Waals surface area contributed by atoms with Crippen LogP contribution < -0.4 is 5.32 Å². The fourth-order valence-corrected chi connectivity index (χ4v) is 0.647. The molecule has 0 fully saturated rings. The number of H-pyrrole nitrogens is 1. The standard InChI is InChI=1S/C6H9N3O2/c10-2-1-7-6(11)5-3-8-9-4-5/h3-4,10H,1-2H2,(H,7,11)(H,8,9). The maximum absolute atomic E-state index is 11.0.